The number of piperidine rings is 1. The predicted octanol–water partition coefficient (Wildman–Crippen LogP) is 3.55. The maximum atomic E-state index is 12.0. The molecule has 0 unspecified atom stereocenters. The number of pyridine rings is 1. The van der Waals surface area contributed by atoms with Crippen LogP contribution in [0.3, 0.4) is 0 Å². The van der Waals surface area contributed by atoms with Crippen LogP contribution in [0.4, 0.5) is 5.69 Å². The monoisotopic (exact) mass is 379 g/mol. The zero-order valence-corrected chi connectivity index (χ0v) is 14.6. The van der Waals surface area contributed by atoms with E-state index < -0.39 is 0 Å². The van der Waals surface area contributed by atoms with Crippen molar-refractivity contribution >= 4 is 38.9 Å². The van der Waals surface area contributed by atoms with E-state index in [1.54, 1.807) is 6.20 Å². The topological polar surface area (TPSA) is 45.2 Å². The first-order chi connectivity index (χ1) is 10.7. The van der Waals surface area contributed by atoms with Crippen molar-refractivity contribution in [3.63, 3.8) is 0 Å². The molecular weight excluding hydrogens is 362 g/mol. The molecule has 1 aliphatic heterocycles. The van der Waals surface area contributed by atoms with Crippen molar-refractivity contribution in [1.29, 1.82) is 0 Å². The van der Waals surface area contributed by atoms with Crippen LogP contribution in [0.2, 0.25) is 0 Å². The number of hydrogen-bond donors (Lipinski definition) is 1. The number of nitrogens with zero attached hydrogens (tertiary/aromatic N) is 2. The molecule has 1 saturated heterocycles. The summed E-state index contributed by atoms with van der Waals surface area (Å²) in [5, 5.41) is 4.99. The first-order valence-corrected chi connectivity index (χ1v) is 9.07. The average Bonchev–Trinajstić information content (AvgIpc) is 3.00. The number of carbonyl (C=O) groups is 1. The maximum absolute atomic E-state index is 12.0. The molecule has 4 nitrogen and oxygen atoms in total. The second-order valence-corrected chi connectivity index (χ2v) is 7.31. The van der Waals surface area contributed by atoms with Gasteiger partial charge in [-0.1, -0.05) is 0 Å². The summed E-state index contributed by atoms with van der Waals surface area (Å²) in [6.07, 6.45) is 5.91. The van der Waals surface area contributed by atoms with Crippen LogP contribution in [0.15, 0.2) is 40.4 Å². The highest BCUT2D eigenvalue weighted by Crippen LogP contribution is 2.23. The third-order valence-corrected chi connectivity index (χ3v) is 5.66. The molecule has 22 heavy (non-hydrogen) atoms. The van der Waals surface area contributed by atoms with Gasteiger partial charge in [-0.15, -0.1) is 11.3 Å². The van der Waals surface area contributed by atoms with Crippen LogP contribution < -0.4 is 10.2 Å². The van der Waals surface area contributed by atoms with Crippen LogP contribution in [-0.2, 0) is 0 Å². The molecule has 3 heterocycles. The molecule has 3 rings (SSSR count). The van der Waals surface area contributed by atoms with Crippen molar-refractivity contribution in [3.05, 3.63) is 45.3 Å². The zero-order valence-electron chi connectivity index (χ0n) is 12.2. The molecule has 2 aromatic rings. The predicted molar refractivity (Wildman–Crippen MR) is 93.5 cm³/mol. The van der Waals surface area contributed by atoms with Crippen LogP contribution in [0.5, 0.6) is 0 Å². The fourth-order valence-electron chi connectivity index (χ4n) is 2.69. The zero-order chi connectivity index (χ0) is 15.4. The second-order valence-electron chi connectivity index (χ2n) is 5.48. The molecule has 0 bridgehead atoms. The maximum Gasteiger partial charge on any atom is 0.261 e. The number of halogens is 1. The first kappa shape index (κ1) is 15.5. The van der Waals surface area contributed by atoms with E-state index in [0.717, 1.165) is 41.8 Å². The minimum Gasteiger partial charge on any atom is -0.370 e. The Balaban J connectivity index is 1.45. The largest absolute Gasteiger partial charge is 0.370 e. The van der Waals surface area contributed by atoms with Gasteiger partial charge < -0.3 is 10.2 Å². The van der Waals surface area contributed by atoms with E-state index in [-0.39, 0.29) is 5.91 Å². The summed E-state index contributed by atoms with van der Waals surface area (Å²) in [6.45, 7) is 2.81. The van der Waals surface area contributed by atoms with Crippen LogP contribution in [0.25, 0.3) is 0 Å². The summed E-state index contributed by atoms with van der Waals surface area (Å²) in [5.41, 5.74) is 1.19. The van der Waals surface area contributed by atoms with Crippen LogP contribution >= 0.6 is 27.3 Å². The first-order valence-electron chi connectivity index (χ1n) is 7.39. The Kier molecular flexibility index (Phi) is 5.10. The van der Waals surface area contributed by atoms with E-state index in [4.69, 9.17) is 0 Å². The van der Waals surface area contributed by atoms with Crippen molar-refractivity contribution in [1.82, 2.24) is 10.3 Å². The Labute approximate surface area is 142 Å². The lowest BCUT2D eigenvalue weighted by Gasteiger charge is -2.33. The molecule has 1 fully saturated rings. The highest BCUT2D eigenvalue weighted by atomic mass is 79.9. The average molecular weight is 380 g/mol. The van der Waals surface area contributed by atoms with E-state index in [2.05, 4.69) is 37.2 Å². The molecule has 0 aromatic carbocycles. The van der Waals surface area contributed by atoms with E-state index in [1.165, 1.54) is 17.0 Å². The van der Waals surface area contributed by atoms with E-state index in [1.807, 2.05) is 23.7 Å². The lowest BCUT2D eigenvalue weighted by molar-refractivity contribution is 0.0949. The molecular formula is C16H18BrN3OS. The lowest BCUT2D eigenvalue weighted by atomic mass is 9.96. The number of aromatic nitrogens is 1. The summed E-state index contributed by atoms with van der Waals surface area (Å²) >= 11 is 4.84. The van der Waals surface area contributed by atoms with Gasteiger partial charge in [-0.05, 0) is 52.9 Å². The molecule has 0 saturated carbocycles. The van der Waals surface area contributed by atoms with Gasteiger partial charge in [0.15, 0.2) is 0 Å². The van der Waals surface area contributed by atoms with Gasteiger partial charge >= 0.3 is 0 Å². The van der Waals surface area contributed by atoms with Gasteiger partial charge in [-0.25, -0.2) is 0 Å². The van der Waals surface area contributed by atoms with Crippen LogP contribution in [0.1, 0.15) is 22.5 Å². The number of amides is 1. The van der Waals surface area contributed by atoms with Crippen molar-refractivity contribution in [3.8, 4) is 0 Å². The number of anilines is 1. The highest BCUT2D eigenvalue weighted by molar-refractivity contribution is 9.10. The second kappa shape index (κ2) is 7.24. The van der Waals surface area contributed by atoms with Gasteiger partial charge in [-0.2, -0.15) is 0 Å². The number of rotatable bonds is 4. The van der Waals surface area contributed by atoms with Gasteiger partial charge in [0, 0.05) is 35.7 Å². The third kappa shape index (κ3) is 3.87. The van der Waals surface area contributed by atoms with Gasteiger partial charge in [0.1, 0.15) is 0 Å². The van der Waals surface area contributed by atoms with Crippen LogP contribution in [0, 0.1) is 5.92 Å². The molecule has 2 aromatic heterocycles. The summed E-state index contributed by atoms with van der Waals surface area (Å²) in [7, 11) is 0. The Hall–Kier alpha value is -1.40. The molecule has 6 heteroatoms. The van der Waals surface area contributed by atoms with Crippen molar-refractivity contribution in [2.24, 2.45) is 5.92 Å². The van der Waals surface area contributed by atoms with Crippen molar-refractivity contribution in [2.45, 2.75) is 12.8 Å². The number of carbonyl (C=O) groups excluding carboxylic acids is 1. The third-order valence-electron chi connectivity index (χ3n) is 3.97. The quantitative estimate of drug-likeness (QED) is 0.883. The molecule has 1 aliphatic rings. The molecule has 0 aliphatic carbocycles. The van der Waals surface area contributed by atoms with E-state index in [9.17, 15) is 4.79 Å². The Morgan fingerprint density at radius 2 is 2.27 bits per heavy atom. The van der Waals surface area contributed by atoms with Gasteiger partial charge in [0.05, 0.1) is 16.8 Å². The van der Waals surface area contributed by atoms with E-state index >= 15 is 0 Å². The normalized spacial score (nSPS) is 15.8. The summed E-state index contributed by atoms with van der Waals surface area (Å²) in [6, 6.07) is 5.94. The van der Waals surface area contributed by atoms with Gasteiger partial charge in [-0.3, -0.25) is 9.78 Å². The van der Waals surface area contributed by atoms with Crippen molar-refractivity contribution < 1.29 is 4.79 Å². The number of thiophene rings is 1. The summed E-state index contributed by atoms with van der Waals surface area (Å²) in [4.78, 5) is 19.3. The van der Waals surface area contributed by atoms with E-state index in [0.29, 0.717) is 5.92 Å². The standard InChI is InChI=1S/C16H18BrN3OS/c17-13-8-15(22-11-13)16(21)19-9-12-3-6-20(7-4-12)14-2-1-5-18-10-14/h1-2,5,8,10-12H,3-4,6-7,9H2,(H,19,21). The SMILES string of the molecule is O=C(NCC1CCN(c2cccnc2)CC1)c1cc(Br)cs1. The van der Waals surface area contributed by atoms with Gasteiger partial charge in [0.25, 0.3) is 5.91 Å². The Morgan fingerprint density at radius 3 is 2.91 bits per heavy atom. The summed E-state index contributed by atoms with van der Waals surface area (Å²) in [5.74, 6) is 0.589. The Bertz CT molecular complexity index is 623. The molecule has 1 amide bonds. The molecule has 0 spiro atoms. The molecule has 1 N–H and O–H groups in total. The lowest BCUT2D eigenvalue weighted by Crippen LogP contribution is -2.38. The fraction of sp³-hybridized carbons (Fsp3) is 0.375. The summed E-state index contributed by atoms with van der Waals surface area (Å²) < 4.78 is 0.965. The molecule has 0 atom stereocenters. The van der Waals surface area contributed by atoms with Gasteiger partial charge in [0.2, 0.25) is 0 Å². The van der Waals surface area contributed by atoms with Crippen molar-refractivity contribution in [2.75, 3.05) is 24.5 Å². The molecule has 0 radical (unpaired) electrons. The minimum atomic E-state index is 0.0328. The number of nitrogens with one attached hydrogen (secondary N) is 1. The number of hydrogen-bond acceptors (Lipinski definition) is 4. The fourth-order valence-corrected chi connectivity index (χ4v) is 4.03. The minimum absolute atomic E-state index is 0.0328. The van der Waals surface area contributed by atoms with Crippen LogP contribution in [-0.4, -0.2) is 30.5 Å². The smallest absolute Gasteiger partial charge is 0.261 e. The Morgan fingerprint density at radius 1 is 1.45 bits per heavy atom. The molecule has 116 valence electrons. The highest BCUT2D eigenvalue weighted by Gasteiger charge is 2.20.